The Labute approximate surface area is 129 Å². The molecule has 1 aliphatic rings. The van der Waals surface area contributed by atoms with Crippen LogP contribution in [0.15, 0.2) is 42.7 Å². The van der Waals surface area contributed by atoms with Gasteiger partial charge in [0.1, 0.15) is 5.52 Å². The molecular weight excluding hydrogens is 274 g/mol. The molecule has 4 rings (SSSR count). The van der Waals surface area contributed by atoms with Crippen molar-refractivity contribution in [2.24, 2.45) is 0 Å². The van der Waals surface area contributed by atoms with E-state index in [-0.39, 0.29) is 0 Å². The van der Waals surface area contributed by atoms with Gasteiger partial charge in [-0.25, -0.2) is 9.50 Å². The van der Waals surface area contributed by atoms with Crippen LogP contribution in [-0.4, -0.2) is 40.8 Å². The van der Waals surface area contributed by atoms with Crippen molar-refractivity contribution in [1.29, 1.82) is 0 Å². The molecule has 1 N–H and O–H groups in total. The molecule has 0 spiro atoms. The predicted molar refractivity (Wildman–Crippen MR) is 88.2 cm³/mol. The topological polar surface area (TPSA) is 45.5 Å². The van der Waals surface area contributed by atoms with E-state index in [4.69, 9.17) is 5.10 Å². The van der Waals surface area contributed by atoms with Gasteiger partial charge in [0, 0.05) is 44.1 Å². The number of nitrogens with zero attached hydrogens (tertiary/aromatic N) is 4. The van der Waals surface area contributed by atoms with Gasteiger partial charge in [-0.15, -0.1) is 0 Å². The first-order chi connectivity index (χ1) is 10.8. The van der Waals surface area contributed by atoms with Gasteiger partial charge in [0.15, 0.2) is 5.82 Å². The molecule has 5 heteroatoms. The van der Waals surface area contributed by atoms with Gasteiger partial charge < -0.3 is 10.2 Å². The summed E-state index contributed by atoms with van der Waals surface area (Å²) < 4.78 is 1.93. The molecule has 5 nitrogen and oxygen atoms in total. The van der Waals surface area contributed by atoms with Gasteiger partial charge in [0.2, 0.25) is 0 Å². The lowest BCUT2D eigenvalue weighted by atomic mass is 10.1. The SMILES string of the molecule is Cc1ccc(-c2cc3c(N4CCNCC4)nccn3n2)cc1. The molecule has 0 aliphatic carbocycles. The summed E-state index contributed by atoms with van der Waals surface area (Å²) in [6, 6.07) is 10.6. The van der Waals surface area contributed by atoms with Crippen LogP contribution in [-0.2, 0) is 0 Å². The van der Waals surface area contributed by atoms with Gasteiger partial charge >= 0.3 is 0 Å². The van der Waals surface area contributed by atoms with Crippen molar-refractivity contribution in [2.45, 2.75) is 6.92 Å². The van der Waals surface area contributed by atoms with Crippen LogP contribution in [0.4, 0.5) is 5.82 Å². The Bertz CT molecular complexity index is 784. The third-order valence-electron chi connectivity index (χ3n) is 4.13. The minimum Gasteiger partial charge on any atom is -0.352 e. The van der Waals surface area contributed by atoms with Gasteiger partial charge in [-0.2, -0.15) is 5.10 Å². The van der Waals surface area contributed by atoms with Crippen LogP contribution in [0.3, 0.4) is 0 Å². The largest absolute Gasteiger partial charge is 0.352 e. The molecule has 3 heterocycles. The molecule has 1 saturated heterocycles. The van der Waals surface area contributed by atoms with Gasteiger partial charge in [0.05, 0.1) is 5.69 Å². The van der Waals surface area contributed by atoms with Gasteiger partial charge in [-0.05, 0) is 13.0 Å². The number of aryl methyl sites for hydroxylation is 1. The molecule has 1 aromatic carbocycles. The van der Waals surface area contributed by atoms with Gasteiger partial charge in [0.25, 0.3) is 0 Å². The van der Waals surface area contributed by atoms with Crippen molar-refractivity contribution in [3.63, 3.8) is 0 Å². The number of piperazine rings is 1. The number of nitrogens with one attached hydrogen (secondary N) is 1. The Kier molecular flexibility index (Phi) is 3.27. The van der Waals surface area contributed by atoms with E-state index in [1.807, 2.05) is 16.9 Å². The maximum Gasteiger partial charge on any atom is 0.154 e. The number of anilines is 1. The summed E-state index contributed by atoms with van der Waals surface area (Å²) in [6.45, 7) is 6.07. The molecule has 0 amide bonds. The molecule has 0 saturated carbocycles. The van der Waals surface area contributed by atoms with E-state index >= 15 is 0 Å². The molecule has 112 valence electrons. The summed E-state index contributed by atoms with van der Waals surface area (Å²) in [5, 5.41) is 8.08. The van der Waals surface area contributed by atoms with Crippen LogP contribution in [0, 0.1) is 6.92 Å². The highest BCUT2D eigenvalue weighted by atomic mass is 15.3. The van der Waals surface area contributed by atoms with Crippen molar-refractivity contribution in [1.82, 2.24) is 19.9 Å². The van der Waals surface area contributed by atoms with E-state index < -0.39 is 0 Å². The molecule has 22 heavy (non-hydrogen) atoms. The Hall–Kier alpha value is -2.40. The average molecular weight is 293 g/mol. The standard InChI is InChI=1S/C17H19N5/c1-13-2-4-14(5-3-13)15-12-16-17(19-8-11-22(16)20-15)21-9-6-18-7-10-21/h2-5,8,11-12,18H,6-7,9-10H2,1H3. The average Bonchev–Trinajstić information content (AvgIpc) is 3.00. The summed E-state index contributed by atoms with van der Waals surface area (Å²) in [4.78, 5) is 6.91. The highest BCUT2D eigenvalue weighted by molar-refractivity contribution is 5.75. The molecule has 2 aromatic heterocycles. The maximum atomic E-state index is 4.70. The normalized spacial score (nSPS) is 15.4. The predicted octanol–water partition coefficient (Wildman–Crippen LogP) is 2.11. The van der Waals surface area contributed by atoms with Crippen molar-refractivity contribution in [3.05, 3.63) is 48.3 Å². The number of hydrogen-bond acceptors (Lipinski definition) is 4. The number of benzene rings is 1. The smallest absolute Gasteiger partial charge is 0.154 e. The van der Waals surface area contributed by atoms with E-state index in [1.54, 1.807) is 0 Å². The third-order valence-corrected chi connectivity index (χ3v) is 4.13. The van der Waals surface area contributed by atoms with Gasteiger partial charge in [-0.3, -0.25) is 0 Å². The second-order valence-electron chi connectivity index (χ2n) is 5.71. The number of hydrogen-bond donors (Lipinski definition) is 1. The van der Waals surface area contributed by atoms with Gasteiger partial charge in [-0.1, -0.05) is 29.8 Å². The Balaban J connectivity index is 1.78. The van der Waals surface area contributed by atoms with Crippen molar-refractivity contribution in [3.8, 4) is 11.3 Å². The minimum atomic E-state index is 0.984. The molecule has 0 radical (unpaired) electrons. The number of aromatic nitrogens is 3. The van der Waals surface area contributed by atoms with Crippen LogP contribution in [0.5, 0.6) is 0 Å². The lowest BCUT2D eigenvalue weighted by Gasteiger charge is -2.28. The zero-order valence-corrected chi connectivity index (χ0v) is 12.7. The number of fused-ring (bicyclic) bond motifs is 1. The van der Waals surface area contributed by atoms with Crippen molar-refractivity contribution >= 4 is 11.3 Å². The second kappa shape index (κ2) is 5.42. The fourth-order valence-electron chi connectivity index (χ4n) is 2.89. The zero-order valence-electron chi connectivity index (χ0n) is 12.7. The van der Waals surface area contributed by atoms with Crippen LogP contribution < -0.4 is 10.2 Å². The van der Waals surface area contributed by atoms with E-state index in [2.05, 4.69) is 52.5 Å². The van der Waals surface area contributed by atoms with E-state index in [1.165, 1.54) is 5.56 Å². The van der Waals surface area contributed by atoms with E-state index in [0.29, 0.717) is 0 Å². The highest BCUT2D eigenvalue weighted by Crippen LogP contribution is 2.25. The molecule has 0 bridgehead atoms. The summed E-state index contributed by atoms with van der Waals surface area (Å²) in [5.74, 6) is 1.02. The molecule has 1 aliphatic heterocycles. The molecular formula is C17H19N5. The maximum absolute atomic E-state index is 4.70. The molecule has 0 unspecified atom stereocenters. The van der Waals surface area contributed by atoms with Crippen molar-refractivity contribution < 1.29 is 0 Å². The van der Waals surface area contributed by atoms with E-state index in [9.17, 15) is 0 Å². The third kappa shape index (κ3) is 2.33. The lowest BCUT2D eigenvalue weighted by molar-refractivity contribution is 0.585. The second-order valence-corrected chi connectivity index (χ2v) is 5.71. The highest BCUT2D eigenvalue weighted by Gasteiger charge is 2.16. The van der Waals surface area contributed by atoms with Crippen LogP contribution in [0.25, 0.3) is 16.8 Å². The first-order valence-corrected chi connectivity index (χ1v) is 7.68. The molecule has 0 atom stereocenters. The van der Waals surface area contributed by atoms with Crippen LogP contribution in [0.1, 0.15) is 5.56 Å². The summed E-state index contributed by atoms with van der Waals surface area (Å²) in [6.07, 6.45) is 3.75. The number of rotatable bonds is 2. The summed E-state index contributed by atoms with van der Waals surface area (Å²) in [5.41, 5.74) is 4.46. The Morgan fingerprint density at radius 2 is 1.86 bits per heavy atom. The minimum absolute atomic E-state index is 0.984. The van der Waals surface area contributed by atoms with Crippen LogP contribution >= 0.6 is 0 Å². The summed E-state index contributed by atoms with van der Waals surface area (Å²) >= 11 is 0. The van der Waals surface area contributed by atoms with Crippen LogP contribution in [0.2, 0.25) is 0 Å². The first-order valence-electron chi connectivity index (χ1n) is 7.68. The monoisotopic (exact) mass is 293 g/mol. The van der Waals surface area contributed by atoms with Crippen molar-refractivity contribution in [2.75, 3.05) is 31.1 Å². The van der Waals surface area contributed by atoms with E-state index in [0.717, 1.165) is 48.8 Å². The lowest BCUT2D eigenvalue weighted by Crippen LogP contribution is -2.44. The zero-order chi connectivity index (χ0) is 14.9. The fraction of sp³-hybridized carbons (Fsp3) is 0.294. The fourth-order valence-corrected chi connectivity index (χ4v) is 2.89. The Morgan fingerprint density at radius 1 is 1.09 bits per heavy atom. The molecule has 1 fully saturated rings. The quantitative estimate of drug-likeness (QED) is 0.786. The first kappa shape index (κ1) is 13.3. The Morgan fingerprint density at radius 3 is 2.64 bits per heavy atom. The summed E-state index contributed by atoms with van der Waals surface area (Å²) in [7, 11) is 0. The molecule has 3 aromatic rings.